The Morgan fingerprint density at radius 1 is 1.11 bits per heavy atom. The highest BCUT2D eigenvalue weighted by atomic mass is 35.5. The maximum Gasteiger partial charge on any atom is 0.338 e. The molecule has 2 atom stereocenters. The van der Waals surface area contributed by atoms with Crippen LogP contribution in [0.4, 0.5) is 4.39 Å². The van der Waals surface area contributed by atoms with Gasteiger partial charge in [-0.25, -0.2) is 14.2 Å². The molecule has 7 rings (SSSR count). The molecule has 2 fully saturated rings. The van der Waals surface area contributed by atoms with E-state index in [-0.39, 0.29) is 12.0 Å². The zero-order valence-electron chi connectivity index (χ0n) is 25.5. The Kier molecular flexibility index (Phi) is 7.83. The number of carbonyl (C=O) groups excluding carboxylic acids is 1. The lowest BCUT2D eigenvalue weighted by atomic mass is 9.88. The molecule has 3 aliphatic heterocycles. The van der Waals surface area contributed by atoms with Gasteiger partial charge in [0.25, 0.3) is 5.79 Å². The minimum atomic E-state index is -1.29. The van der Waals surface area contributed by atoms with Crippen molar-refractivity contribution in [3.05, 3.63) is 81.9 Å². The van der Waals surface area contributed by atoms with Crippen molar-refractivity contribution in [2.45, 2.75) is 57.1 Å². The smallest absolute Gasteiger partial charge is 0.338 e. The van der Waals surface area contributed by atoms with Crippen LogP contribution in [-0.2, 0) is 28.4 Å². The van der Waals surface area contributed by atoms with Gasteiger partial charge in [0.05, 0.1) is 50.1 Å². The first kappa shape index (κ1) is 29.8. The van der Waals surface area contributed by atoms with Gasteiger partial charge in [0.2, 0.25) is 0 Å². The molecular weight excluding hydrogens is 601 g/mol. The van der Waals surface area contributed by atoms with Crippen LogP contribution in [-0.4, -0.2) is 60.4 Å². The van der Waals surface area contributed by atoms with E-state index in [1.165, 1.54) is 13.2 Å². The SMILES string of the molecule is COC(=O)c1cc(OC)c2nc(CN3CCC(c4cccc5c4OC(C)(c4ccc(Cl)cc4F)O5)CC3)n(C[C@@H]3CCO3)c2c1. The number of carbonyl (C=O) groups is 1. The van der Waals surface area contributed by atoms with Gasteiger partial charge in [0.1, 0.15) is 22.9 Å². The van der Waals surface area contributed by atoms with E-state index in [4.69, 9.17) is 40.3 Å². The Bertz CT molecular complexity index is 1770. The maximum atomic E-state index is 14.9. The molecule has 1 unspecified atom stereocenters. The van der Waals surface area contributed by atoms with E-state index in [0.29, 0.717) is 52.0 Å². The van der Waals surface area contributed by atoms with Crippen LogP contribution in [0.25, 0.3) is 11.0 Å². The van der Waals surface area contributed by atoms with Crippen molar-refractivity contribution in [3.8, 4) is 17.2 Å². The number of hydrogen-bond acceptors (Lipinski definition) is 8. The first-order chi connectivity index (χ1) is 21.8. The second-order valence-electron chi connectivity index (χ2n) is 12.0. The molecule has 0 aliphatic carbocycles. The van der Waals surface area contributed by atoms with Crippen LogP contribution >= 0.6 is 11.6 Å². The Morgan fingerprint density at radius 2 is 1.91 bits per heavy atom. The lowest BCUT2D eigenvalue weighted by Crippen LogP contribution is -2.35. The highest BCUT2D eigenvalue weighted by Gasteiger charge is 2.43. The molecule has 4 aromatic rings. The molecule has 0 amide bonds. The molecule has 1 aromatic heterocycles. The highest BCUT2D eigenvalue weighted by molar-refractivity contribution is 6.30. The molecule has 3 aliphatic rings. The van der Waals surface area contributed by atoms with Gasteiger partial charge in [-0.1, -0.05) is 23.7 Å². The third-order valence-corrected chi connectivity index (χ3v) is 9.38. The summed E-state index contributed by atoms with van der Waals surface area (Å²) in [4.78, 5) is 19.8. The summed E-state index contributed by atoms with van der Waals surface area (Å²) in [6, 6.07) is 13.9. The largest absolute Gasteiger partial charge is 0.494 e. The molecule has 236 valence electrons. The van der Waals surface area contributed by atoms with Gasteiger partial charge in [-0.3, -0.25) is 4.90 Å². The summed E-state index contributed by atoms with van der Waals surface area (Å²) >= 11 is 5.99. The number of imidazole rings is 1. The van der Waals surface area contributed by atoms with Gasteiger partial charge < -0.3 is 28.3 Å². The number of aromatic nitrogens is 2. The van der Waals surface area contributed by atoms with Gasteiger partial charge in [-0.05, 0) is 74.7 Å². The number of rotatable bonds is 8. The number of fused-ring (bicyclic) bond motifs is 2. The third-order valence-electron chi connectivity index (χ3n) is 9.14. The molecule has 3 aromatic carbocycles. The van der Waals surface area contributed by atoms with E-state index < -0.39 is 17.6 Å². The fourth-order valence-electron chi connectivity index (χ4n) is 6.63. The lowest BCUT2D eigenvalue weighted by molar-refractivity contribution is -0.0712. The number of para-hydroxylation sites is 1. The molecule has 0 radical (unpaired) electrons. The molecule has 0 bridgehead atoms. The Morgan fingerprint density at radius 3 is 2.60 bits per heavy atom. The minimum Gasteiger partial charge on any atom is -0.494 e. The summed E-state index contributed by atoms with van der Waals surface area (Å²) < 4.78 is 46.0. The van der Waals surface area contributed by atoms with E-state index in [0.717, 1.165) is 55.9 Å². The van der Waals surface area contributed by atoms with Gasteiger partial charge in [0, 0.05) is 24.1 Å². The molecule has 45 heavy (non-hydrogen) atoms. The molecule has 4 heterocycles. The van der Waals surface area contributed by atoms with E-state index >= 15 is 0 Å². The third kappa shape index (κ3) is 5.49. The minimum absolute atomic E-state index is 0.106. The number of hydrogen-bond donors (Lipinski definition) is 0. The fraction of sp³-hybridized carbons (Fsp3) is 0.412. The average Bonchev–Trinajstić information content (AvgIpc) is 3.54. The van der Waals surface area contributed by atoms with Gasteiger partial charge in [-0.15, -0.1) is 0 Å². The molecule has 0 saturated carbocycles. The van der Waals surface area contributed by atoms with Crippen molar-refractivity contribution < 1.29 is 32.9 Å². The van der Waals surface area contributed by atoms with Crippen LogP contribution in [0, 0.1) is 5.82 Å². The van der Waals surface area contributed by atoms with Crippen molar-refractivity contribution in [2.24, 2.45) is 0 Å². The molecular formula is C34H35ClFN3O6. The van der Waals surface area contributed by atoms with Crippen LogP contribution in [0.5, 0.6) is 17.2 Å². The number of nitrogens with zero attached hydrogens (tertiary/aromatic N) is 3. The average molecular weight is 636 g/mol. The predicted octanol–water partition coefficient (Wildman–Crippen LogP) is 6.44. The van der Waals surface area contributed by atoms with Crippen molar-refractivity contribution >= 4 is 28.6 Å². The van der Waals surface area contributed by atoms with Crippen molar-refractivity contribution in [1.29, 1.82) is 0 Å². The molecule has 0 N–H and O–H groups in total. The second kappa shape index (κ2) is 11.8. The number of piperidine rings is 1. The van der Waals surface area contributed by atoms with Gasteiger partial charge in [0.15, 0.2) is 11.5 Å². The van der Waals surface area contributed by atoms with Crippen molar-refractivity contribution in [2.75, 3.05) is 33.9 Å². The number of methoxy groups -OCH3 is 2. The van der Waals surface area contributed by atoms with Crippen LogP contribution in [0.3, 0.4) is 0 Å². The van der Waals surface area contributed by atoms with Gasteiger partial charge >= 0.3 is 5.97 Å². The summed E-state index contributed by atoms with van der Waals surface area (Å²) in [6.45, 7) is 5.48. The Balaban J connectivity index is 1.10. The second-order valence-corrected chi connectivity index (χ2v) is 12.4. The zero-order valence-corrected chi connectivity index (χ0v) is 26.2. The summed E-state index contributed by atoms with van der Waals surface area (Å²) in [6.07, 6.45) is 2.91. The first-order valence-electron chi connectivity index (χ1n) is 15.2. The van der Waals surface area contributed by atoms with Gasteiger partial charge in [-0.2, -0.15) is 0 Å². The molecule has 2 saturated heterocycles. The number of halogens is 2. The summed E-state index contributed by atoms with van der Waals surface area (Å²) in [7, 11) is 2.95. The Hall–Kier alpha value is -3.86. The summed E-state index contributed by atoms with van der Waals surface area (Å²) in [5.74, 6) is 0.786. The van der Waals surface area contributed by atoms with E-state index in [1.807, 2.05) is 18.2 Å². The zero-order chi connectivity index (χ0) is 31.3. The fourth-order valence-corrected chi connectivity index (χ4v) is 6.79. The molecule has 0 spiro atoms. The predicted molar refractivity (Wildman–Crippen MR) is 166 cm³/mol. The monoisotopic (exact) mass is 635 g/mol. The van der Waals surface area contributed by atoms with E-state index in [1.54, 1.807) is 32.2 Å². The number of ether oxygens (including phenoxy) is 5. The Labute approximate surface area is 265 Å². The quantitative estimate of drug-likeness (QED) is 0.205. The number of esters is 1. The topological polar surface area (TPSA) is 84.3 Å². The standard InChI is InChI=1S/C34H35ClFN3O6/c1-34(25-8-7-22(35)17-26(25)36)44-28-6-4-5-24(32(28)45-34)20-9-12-38(13-10-20)19-30-37-31-27(39(30)18-23-11-14-43-23)15-21(33(40)42-3)16-29(31)41-2/h4-8,15-17,20,23H,9-14,18-19H2,1-3H3/t23-,34?/m0/s1. The van der Waals surface area contributed by atoms with Crippen LogP contribution < -0.4 is 14.2 Å². The normalized spacial score (nSPS) is 21.6. The van der Waals surface area contributed by atoms with Crippen molar-refractivity contribution in [3.63, 3.8) is 0 Å². The molecule has 11 heteroatoms. The first-order valence-corrected chi connectivity index (χ1v) is 15.6. The highest BCUT2D eigenvalue weighted by Crippen LogP contribution is 2.50. The maximum absolute atomic E-state index is 14.9. The number of likely N-dealkylation sites (tertiary alicyclic amines) is 1. The van der Waals surface area contributed by atoms with E-state index in [9.17, 15) is 9.18 Å². The summed E-state index contributed by atoms with van der Waals surface area (Å²) in [5.41, 5.74) is 3.33. The lowest BCUT2D eigenvalue weighted by Gasteiger charge is -2.33. The number of benzene rings is 3. The van der Waals surface area contributed by atoms with E-state index in [2.05, 4.69) is 15.5 Å². The van der Waals surface area contributed by atoms with Crippen LogP contribution in [0.2, 0.25) is 5.02 Å². The van der Waals surface area contributed by atoms with Crippen molar-refractivity contribution in [1.82, 2.24) is 14.5 Å². The van der Waals surface area contributed by atoms with Crippen LogP contribution in [0.15, 0.2) is 48.5 Å². The van der Waals surface area contributed by atoms with Crippen LogP contribution in [0.1, 0.15) is 59.4 Å². The molecule has 9 nitrogen and oxygen atoms in total. The summed E-state index contributed by atoms with van der Waals surface area (Å²) in [5, 5.41) is 0.319.